The third-order valence-electron chi connectivity index (χ3n) is 5.89. The average Bonchev–Trinajstić information content (AvgIpc) is 2.74. The zero-order valence-electron chi connectivity index (χ0n) is 18.9. The number of amides is 2. The molecule has 2 N–H and O–H groups in total. The van der Waals surface area contributed by atoms with Crippen molar-refractivity contribution in [2.45, 2.75) is 46.2 Å². The molecule has 2 aromatic rings. The SMILES string of the molecule is CCC1[C@H](C)C(Nc2cccc(C)n2)c2cc(C(=O)NCCOC)ccc2N1C(C)=O. The monoisotopic (exact) mass is 424 g/mol. The van der Waals surface area contributed by atoms with Crippen molar-refractivity contribution in [3.63, 3.8) is 0 Å². The highest BCUT2D eigenvalue weighted by Gasteiger charge is 2.40. The summed E-state index contributed by atoms with van der Waals surface area (Å²) in [7, 11) is 1.60. The number of aromatic nitrogens is 1. The predicted octanol–water partition coefficient (Wildman–Crippen LogP) is 3.70. The number of fused-ring (bicyclic) bond motifs is 1. The van der Waals surface area contributed by atoms with E-state index in [4.69, 9.17) is 4.74 Å². The Labute approximate surface area is 184 Å². The second-order valence-electron chi connectivity index (χ2n) is 8.03. The molecule has 1 aromatic heterocycles. The van der Waals surface area contributed by atoms with Crippen molar-refractivity contribution in [1.29, 1.82) is 0 Å². The Morgan fingerprint density at radius 2 is 2.00 bits per heavy atom. The minimum absolute atomic E-state index is 0.00405. The lowest BCUT2D eigenvalue weighted by Crippen LogP contribution is -2.49. The van der Waals surface area contributed by atoms with Crippen LogP contribution in [0.1, 0.15) is 54.8 Å². The van der Waals surface area contributed by atoms with Gasteiger partial charge in [-0.1, -0.05) is 19.9 Å². The van der Waals surface area contributed by atoms with Gasteiger partial charge in [-0.15, -0.1) is 0 Å². The van der Waals surface area contributed by atoms with Crippen molar-refractivity contribution in [2.24, 2.45) is 5.92 Å². The van der Waals surface area contributed by atoms with Crippen LogP contribution in [-0.4, -0.2) is 43.1 Å². The quantitative estimate of drug-likeness (QED) is 0.662. The largest absolute Gasteiger partial charge is 0.383 e. The van der Waals surface area contributed by atoms with Gasteiger partial charge in [0, 0.05) is 49.5 Å². The number of hydrogen-bond acceptors (Lipinski definition) is 5. The fraction of sp³-hybridized carbons (Fsp3) is 0.458. The van der Waals surface area contributed by atoms with Crippen LogP contribution in [0.4, 0.5) is 11.5 Å². The zero-order chi connectivity index (χ0) is 22.5. The molecule has 3 atom stereocenters. The highest BCUT2D eigenvalue weighted by atomic mass is 16.5. The van der Waals surface area contributed by atoms with E-state index < -0.39 is 0 Å². The highest BCUT2D eigenvalue weighted by Crippen LogP contribution is 2.43. The number of pyridine rings is 1. The van der Waals surface area contributed by atoms with E-state index in [1.807, 2.05) is 42.2 Å². The number of ether oxygens (including phenoxy) is 1. The summed E-state index contributed by atoms with van der Waals surface area (Å²) in [5, 5.41) is 6.44. The third kappa shape index (κ3) is 4.88. The summed E-state index contributed by atoms with van der Waals surface area (Å²) in [6, 6.07) is 11.4. The number of anilines is 2. The molecular formula is C24H32N4O3. The van der Waals surface area contributed by atoms with Gasteiger partial charge in [0.15, 0.2) is 0 Å². The average molecular weight is 425 g/mol. The Balaban J connectivity index is 2.04. The molecule has 0 radical (unpaired) electrons. The van der Waals surface area contributed by atoms with Crippen molar-refractivity contribution in [1.82, 2.24) is 10.3 Å². The molecule has 31 heavy (non-hydrogen) atoms. The lowest BCUT2D eigenvalue weighted by molar-refractivity contribution is -0.117. The van der Waals surface area contributed by atoms with Crippen LogP contribution in [0, 0.1) is 12.8 Å². The van der Waals surface area contributed by atoms with Gasteiger partial charge < -0.3 is 20.3 Å². The van der Waals surface area contributed by atoms with E-state index in [-0.39, 0.29) is 29.8 Å². The summed E-state index contributed by atoms with van der Waals surface area (Å²) in [5.74, 6) is 0.746. The zero-order valence-corrected chi connectivity index (χ0v) is 18.9. The first-order valence-electron chi connectivity index (χ1n) is 10.8. The Morgan fingerprint density at radius 3 is 2.65 bits per heavy atom. The number of methoxy groups -OCH3 is 1. The molecule has 1 aliphatic heterocycles. The first-order valence-corrected chi connectivity index (χ1v) is 10.8. The Hall–Kier alpha value is -2.93. The number of benzene rings is 1. The van der Waals surface area contributed by atoms with E-state index >= 15 is 0 Å². The van der Waals surface area contributed by atoms with Crippen LogP contribution in [0.15, 0.2) is 36.4 Å². The molecule has 2 unspecified atom stereocenters. The maximum Gasteiger partial charge on any atom is 0.251 e. The highest BCUT2D eigenvalue weighted by molar-refractivity contribution is 5.98. The van der Waals surface area contributed by atoms with Gasteiger partial charge in [-0.05, 0) is 49.2 Å². The van der Waals surface area contributed by atoms with Crippen LogP contribution in [0.3, 0.4) is 0 Å². The minimum atomic E-state index is -0.160. The molecule has 0 saturated heterocycles. The maximum atomic E-state index is 12.7. The molecular weight excluding hydrogens is 392 g/mol. The van der Waals surface area contributed by atoms with Crippen molar-refractivity contribution in [2.75, 3.05) is 30.5 Å². The van der Waals surface area contributed by atoms with Gasteiger partial charge in [-0.2, -0.15) is 0 Å². The lowest BCUT2D eigenvalue weighted by atomic mass is 9.80. The van der Waals surface area contributed by atoms with Crippen LogP contribution < -0.4 is 15.5 Å². The number of carbonyl (C=O) groups is 2. The smallest absolute Gasteiger partial charge is 0.251 e. The Morgan fingerprint density at radius 1 is 1.23 bits per heavy atom. The standard InChI is InChI=1S/C24H32N4O3/c1-6-20-16(3)23(27-22-9-7-8-15(2)26-22)19-14-18(24(30)25-12-13-31-5)10-11-21(19)28(20)17(4)29/h7-11,14,16,20,23H,6,12-13H2,1-5H3,(H,25,30)(H,26,27)/t16-,20?,23?/m0/s1. The minimum Gasteiger partial charge on any atom is -0.383 e. The number of rotatable bonds is 7. The van der Waals surface area contributed by atoms with E-state index in [2.05, 4.69) is 29.5 Å². The normalized spacial score (nSPS) is 20.2. The third-order valence-corrected chi connectivity index (χ3v) is 5.89. The second-order valence-corrected chi connectivity index (χ2v) is 8.03. The van der Waals surface area contributed by atoms with Crippen LogP contribution in [-0.2, 0) is 9.53 Å². The van der Waals surface area contributed by atoms with Gasteiger partial charge in [-0.3, -0.25) is 9.59 Å². The second kappa shape index (κ2) is 9.92. The number of carbonyl (C=O) groups excluding carboxylic acids is 2. The lowest BCUT2D eigenvalue weighted by Gasteiger charge is -2.45. The molecule has 3 rings (SSSR count). The van der Waals surface area contributed by atoms with Crippen LogP contribution in [0.25, 0.3) is 0 Å². The fourth-order valence-electron chi connectivity index (χ4n) is 4.40. The van der Waals surface area contributed by atoms with E-state index in [9.17, 15) is 9.59 Å². The summed E-state index contributed by atoms with van der Waals surface area (Å²) in [5.41, 5.74) is 3.26. The number of nitrogens with zero attached hydrogens (tertiary/aromatic N) is 2. The number of aryl methyl sites for hydroxylation is 1. The van der Waals surface area contributed by atoms with Gasteiger partial charge >= 0.3 is 0 Å². The Kier molecular flexibility index (Phi) is 7.28. The molecule has 0 bridgehead atoms. The fourth-order valence-corrected chi connectivity index (χ4v) is 4.40. The molecule has 7 nitrogen and oxygen atoms in total. The van der Waals surface area contributed by atoms with E-state index in [1.165, 1.54) is 0 Å². The summed E-state index contributed by atoms with van der Waals surface area (Å²) < 4.78 is 5.01. The number of hydrogen-bond donors (Lipinski definition) is 2. The van der Waals surface area contributed by atoms with Gasteiger partial charge in [0.2, 0.25) is 5.91 Å². The summed E-state index contributed by atoms with van der Waals surface area (Å²) in [4.78, 5) is 31.7. The molecule has 7 heteroatoms. The van der Waals surface area contributed by atoms with Crippen molar-refractivity contribution in [3.05, 3.63) is 53.2 Å². The molecule has 0 spiro atoms. The topological polar surface area (TPSA) is 83.6 Å². The first kappa shape index (κ1) is 22.7. The van der Waals surface area contributed by atoms with Crippen LogP contribution >= 0.6 is 0 Å². The van der Waals surface area contributed by atoms with Gasteiger partial charge in [-0.25, -0.2) is 4.98 Å². The summed E-state index contributed by atoms with van der Waals surface area (Å²) in [6.07, 6.45) is 0.832. The molecule has 1 aromatic carbocycles. The van der Waals surface area contributed by atoms with E-state index in [1.54, 1.807) is 20.1 Å². The molecule has 0 fully saturated rings. The predicted molar refractivity (Wildman–Crippen MR) is 122 cm³/mol. The van der Waals surface area contributed by atoms with E-state index in [0.29, 0.717) is 18.7 Å². The van der Waals surface area contributed by atoms with Crippen LogP contribution in [0.2, 0.25) is 0 Å². The molecule has 2 heterocycles. The molecule has 1 aliphatic rings. The van der Waals surface area contributed by atoms with Crippen molar-refractivity contribution >= 4 is 23.3 Å². The first-order chi connectivity index (χ1) is 14.9. The molecule has 166 valence electrons. The summed E-state index contributed by atoms with van der Waals surface area (Å²) >= 11 is 0. The van der Waals surface area contributed by atoms with Crippen LogP contribution in [0.5, 0.6) is 0 Å². The van der Waals surface area contributed by atoms with Crippen molar-refractivity contribution in [3.8, 4) is 0 Å². The maximum absolute atomic E-state index is 12.7. The van der Waals surface area contributed by atoms with Gasteiger partial charge in [0.1, 0.15) is 5.82 Å². The van der Waals surface area contributed by atoms with Gasteiger partial charge in [0.25, 0.3) is 5.91 Å². The molecule has 0 saturated carbocycles. The van der Waals surface area contributed by atoms with Gasteiger partial charge in [0.05, 0.1) is 12.6 Å². The Bertz CT molecular complexity index is 946. The summed E-state index contributed by atoms with van der Waals surface area (Å²) in [6.45, 7) is 8.69. The number of nitrogens with one attached hydrogen (secondary N) is 2. The van der Waals surface area contributed by atoms with E-state index in [0.717, 1.165) is 29.2 Å². The molecule has 2 amide bonds. The molecule has 0 aliphatic carbocycles. The van der Waals surface area contributed by atoms with Crippen molar-refractivity contribution < 1.29 is 14.3 Å².